The first-order valence-corrected chi connectivity index (χ1v) is 12.1. The van der Waals surface area contributed by atoms with E-state index in [0.717, 1.165) is 28.9 Å². The Hall–Kier alpha value is -3.84. The number of nitrogens with zero attached hydrogens (tertiary/aromatic N) is 2. The van der Waals surface area contributed by atoms with Gasteiger partial charge in [0.15, 0.2) is 0 Å². The van der Waals surface area contributed by atoms with Crippen LogP contribution in [0.2, 0.25) is 0 Å². The molecule has 7 heteroatoms. The molecule has 0 radical (unpaired) electrons. The minimum Gasteiger partial charge on any atom is -0.356 e. The predicted molar refractivity (Wildman–Crippen MR) is 141 cm³/mol. The third-order valence-corrected chi connectivity index (χ3v) is 6.08. The lowest BCUT2D eigenvalue weighted by Gasteiger charge is -2.15. The lowest BCUT2D eigenvalue weighted by molar-refractivity contribution is -0.120. The van der Waals surface area contributed by atoms with E-state index in [4.69, 9.17) is 4.99 Å². The summed E-state index contributed by atoms with van der Waals surface area (Å²) < 4.78 is 13.9. The molecule has 0 aromatic heterocycles. The van der Waals surface area contributed by atoms with Crippen LogP contribution in [0.15, 0.2) is 71.7 Å². The quantitative estimate of drug-likeness (QED) is 0.426. The topological polar surface area (TPSA) is 73.8 Å². The fourth-order valence-electron chi connectivity index (χ4n) is 4.34. The molecule has 36 heavy (non-hydrogen) atoms. The van der Waals surface area contributed by atoms with Gasteiger partial charge in [-0.25, -0.2) is 4.39 Å². The molecule has 0 bridgehead atoms. The van der Waals surface area contributed by atoms with E-state index in [1.54, 1.807) is 6.07 Å². The second kappa shape index (κ2) is 11.3. The van der Waals surface area contributed by atoms with E-state index in [2.05, 4.69) is 15.5 Å². The highest BCUT2D eigenvalue weighted by atomic mass is 19.1. The predicted octanol–water partition coefficient (Wildman–Crippen LogP) is 4.81. The molecule has 186 valence electrons. The van der Waals surface area contributed by atoms with Crippen molar-refractivity contribution in [2.75, 3.05) is 26.0 Å². The van der Waals surface area contributed by atoms with Crippen LogP contribution in [-0.4, -0.2) is 43.1 Å². The van der Waals surface area contributed by atoms with Crippen LogP contribution >= 0.6 is 0 Å². The van der Waals surface area contributed by atoms with Crippen molar-refractivity contribution >= 4 is 28.9 Å². The number of rotatable bonds is 9. The fraction of sp³-hybridized carbons (Fsp3) is 0.276. The van der Waals surface area contributed by atoms with E-state index < -0.39 is 11.7 Å². The number of carbonyl (C=O) groups is 2. The fourth-order valence-corrected chi connectivity index (χ4v) is 4.34. The maximum absolute atomic E-state index is 13.9. The number of fused-ring (bicyclic) bond motifs is 1. The van der Waals surface area contributed by atoms with E-state index >= 15 is 0 Å². The van der Waals surface area contributed by atoms with Gasteiger partial charge in [0, 0.05) is 25.2 Å². The Morgan fingerprint density at radius 3 is 2.56 bits per heavy atom. The molecule has 0 aliphatic carbocycles. The summed E-state index contributed by atoms with van der Waals surface area (Å²) in [5.41, 5.74) is 5.49. The second-order valence-corrected chi connectivity index (χ2v) is 9.21. The summed E-state index contributed by atoms with van der Waals surface area (Å²) in [6, 6.07) is 20.2. The van der Waals surface area contributed by atoms with Gasteiger partial charge < -0.3 is 15.5 Å². The molecular weight excluding hydrogens is 455 g/mol. The summed E-state index contributed by atoms with van der Waals surface area (Å²) in [4.78, 5) is 31.8. The highest BCUT2D eigenvalue weighted by Crippen LogP contribution is 2.37. The molecule has 0 saturated carbocycles. The van der Waals surface area contributed by atoms with Gasteiger partial charge in [0.25, 0.3) is 0 Å². The summed E-state index contributed by atoms with van der Waals surface area (Å²) in [5.74, 6) is -1.30. The Kier molecular flexibility index (Phi) is 7.90. The zero-order chi connectivity index (χ0) is 25.7. The number of hydrogen-bond donors (Lipinski definition) is 2. The highest BCUT2D eigenvalue weighted by molar-refractivity contribution is 6.24. The standard InChI is InChI=1S/C29H31FN4O2/c1-4-26(35)31-15-14-19-6-5-7-21(16-19)28(32-23-11-8-20(9-12-23)18-34(2)3)27-24-13-10-22(30)17-25(24)33-29(27)36/h5-13,16-17,27H,4,14-15,18H2,1-3H3,(H,31,35)(H,33,36). The third-order valence-electron chi connectivity index (χ3n) is 6.08. The average molecular weight is 487 g/mol. The number of anilines is 1. The molecular formula is C29H31FN4O2. The first-order valence-electron chi connectivity index (χ1n) is 12.1. The van der Waals surface area contributed by atoms with Gasteiger partial charge in [0.2, 0.25) is 11.8 Å². The van der Waals surface area contributed by atoms with Gasteiger partial charge in [-0.2, -0.15) is 0 Å². The molecule has 0 fully saturated rings. The smallest absolute Gasteiger partial charge is 0.238 e. The molecule has 3 aromatic carbocycles. The Labute approximate surface area is 211 Å². The van der Waals surface area contributed by atoms with Crippen molar-refractivity contribution in [1.82, 2.24) is 10.2 Å². The van der Waals surface area contributed by atoms with Gasteiger partial charge in [0.1, 0.15) is 11.7 Å². The van der Waals surface area contributed by atoms with Crippen LogP contribution in [0, 0.1) is 5.82 Å². The van der Waals surface area contributed by atoms with Crippen LogP contribution in [0.5, 0.6) is 0 Å². The van der Waals surface area contributed by atoms with Crippen molar-refractivity contribution in [3.63, 3.8) is 0 Å². The number of carbonyl (C=O) groups excluding carboxylic acids is 2. The molecule has 1 aliphatic heterocycles. The zero-order valence-corrected chi connectivity index (χ0v) is 20.8. The van der Waals surface area contributed by atoms with Crippen LogP contribution in [0.25, 0.3) is 0 Å². The van der Waals surface area contributed by atoms with Gasteiger partial charge >= 0.3 is 0 Å². The van der Waals surface area contributed by atoms with E-state index in [9.17, 15) is 14.0 Å². The third kappa shape index (κ3) is 6.04. The maximum atomic E-state index is 13.9. The van der Waals surface area contributed by atoms with Crippen LogP contribution in [-0.2, 0) is 22.6 Å². The molecule has 4 rings (SSSR count). The number of amides is 2. The summed E-state index contributed by atoms with van der Waals surface area (Å²) in [5, 5.41) is 5.71. The maximum Gasteiger partial charge on any atom is 0.238 e. The first kappa shape index (κ1) is 25.3. The molecule has 0 spiro atoms. The molecule has 1 atom stereocenters. The Bertz CT molecular complexity index is 1280. The summed E-state index contributed by atoms with van der Waals surface area (Å²) >= 11 is 0. The Morgan fingerprint density at radius 1 is 1.06 bits per heavy atom. The van der Waals surface area contributed by atoms with Crippen molar-refractivity contribution in [2.45, 2.75) is 32.2 Å². The average Bonchev–Trinajstić information content (AvgIpc) is 3.17. The molecule has 1 aliphatic rings. The zero-order valence-electron chi connectivity index (χ0n) is 20.8. The largest absolute Gasteiger partial charge is 0.356 e. The molecule has 0 saturated heterocycles. The molecule has 1 heterocycles. The van der Waals surface area contributed by atoms with Crippen molar-refractivity contribution in [3.05, 3.63) is 94.8 Å². The van der Waals surface area contributed by atoms with Crippen molar-refractivity contribution in [2.24, 2.45) is 4.99 Å². The van der Waals surface area contributed by atoms with E-state index in [1.165, 1.54) is 12.1 Å². The molecule has 2 amide bonds. The lowest BCUT2D eigenvalue weighted by atomic mass is 9.89. The highest BCUT2D eigenvalue weighted by Gasteiger charge is 2.35. The Balaban J connectivity index is 1.72. The van der Waals surface area contributed by atoms with Crippen LogP contribution < -0.4 is 10.6 Å². The van der Waals surface area contributed by atoms with Gasteiger partial charge in [-0.3, -0.25) is 14.6 Å². The van der Waals surface area contributed by atoms with Crippen LogP contribution in [0.3, 0.4) is 0 Å². The van der Waals surface area contributed by atoms with Crippen molar-refractivity contribution in [3.8, 4) is 0 Å². The molecule has 2 N–H and O–H groups in total. The van der Waals surface area contributed by atoms with Gasteiger partial charge in [0.05, 0.1) is 11.4 Å². The minimum absolute atomic E-state index is 0.0117. The molecule has 3 aromatic rings. The number of nitrogens with one attached hydrogen (secondary N) is 2. The summed E-state index contributed by atoms with van der Waals surface area (Å²) in [6.45, 7) is 3.17. The minimum atomic E-state index is -0.669. The molecule has 1 unspecified atom stereocenters. The van der Waals surface area contributed by atoms with Crippen LogP contribution in [0.4, 0.5) is 15.8 Å². The lowest BCUT2D eigenvalue weighted by Crippen LogP contribution is -2.25. The van der Waals surface area contributed by atoms with E-state index in [1.807, 2.05) is 69.6 Å². The van der Waals surface area contributed by atoms with Crippen LogP contribution in [0.1, 0.15) is 41.5 Å². The van der Waals surface area contributed by atoms with E-state index in [0.29, 0.717) is 36.3 Å². The monoisotopic (exact) mass is 486 g/mol. The van der Waals surface area contributed by atoms with Gasteiger partial charge in [-0.1, -0.05) is 43.3 Å². The SMILES string of the molecule is CCC(=O)NCCc1cccc(C(=Nc2ccc(CN(C)C)cc2)C2C(=O)Nc3cc(F)ccc32)c1. The first-order chi connectivity index (χ1) is 17.3. The van der Waals surface area contributed by atoms with Crippen molar-refractivity contribution in [1.29, 1.82) is 0 Å². The van der Waals surface area contributed by atoms with E-state index in [-0.39, 0.29) is 11.8 Å². The molecule has 6 nitrogen and oxygen atoms in total. The number of halogens is 1. The number of benzene rings is 3. The van der Waals surface area contributed by atoms with Gasteiger partial charge in [-0.05, 0) is 73.1 Å². The normalized spacial score (nSPS) is 15.1. The Morgan fingerprint density at radius 2 is 1.83 bits per heavy atom. The summed E-state index contributed by atoms with van der Waals surface area (Å²) in [6.07, 6.45) is 1.10. The number of hydrogen-bond acceptors (Lipinski definition) is 4. The second-order valence-electron chi connectivity index (χ2n) is 9.21. The summed E-state index contributed by atoms with van der Waals surface area (Å²) in [7, 11) is 4.04. The van der Waals surface area contributed by atoms with Crippen molar-refractivity contribution < 1.29 is 14.0 Å². The van der Waals surface area contributed by atoms with Gasteiger partial charge in [-0.15, -0.1) is 0 Å². The number of aliphatic imine (C=N–C) groups is 1.